The molecule has 1 N–H and O–H groups in total. The van der Waals surface area contributed by atoms with Crippen LogP contribution in [-0.2, 0) is 5.33 Å². The second-order valence-corrected chi connectivity index (χ2v) is 3.73. The summed E-state index contributed by atoms with van der Waals surface area (Å²) >= 11 is 2.82. The first-order chi connectivity index (χ1) is 8.67. The van der Waals surface area contributed by atoms with Crippen molar-refractivity contribution < 1.29 is 36.6 Å². The Hall–Kier alpha value is -1.45. The Kier molecular flexibility index (Phi) is 4.66. The van der Waals surface area contributed by atoms with E-state index in [1.165, 1.54) is 0 Å². The van der Waals surface area contributed by atoms with Crippen LogP contribution in [-0.4, -0.2) is 22.4 Å². The van der Waals surface area contributed by atoms with Gasteiger partial charge >= 0.3 is 12.3 Å². The summed E-state index contributed by atoms with van der Waals surface area (Å²) in [5, 5.41) is 8.59. The van der Waals surface area contributed by atoms with Crippen molar-refractivity contribution in [2.75, 3.05) is 0 Å². The van der Waals surface area contributed by atoms with Crippen molar-refractivity contribution in [3.63, 3.8) is 0 Å². The zero-order valence-electron chi connectivity index (χ0n) is 8.84. The monoisotopic (exact) mass is 349 g/mol. The maximum Gasteiger partial charge on any atom is 0.574 e. The van der Waals surface area contributed by atoms with E-state index in [-0.39, 0.29) is 10.9 Å². The minimum absolute atomic E-state index is 0.188. The van der Waals surface area contributed by atoms with Crippen LogP contribution in [0.3, 0.4) is 0 Å². The van der Waals surface area contributed by atoms with Crippen molar-refractivity contribution in [1.29, 1.82) is 0 Å². The van der Waals surface area contributed by atoms with Gasteiger partial charge in [-0.3, -0.25) is 0 Å². The predicted molar refractivity (Wildman–Crippen MR) is 55.5 cm³/mol. The topological polar surface area (TPSA) is 59.4 Å². The average Bonchev–Trinajstić information content (AvgIpc) is 2.25. The normalized spacial score (nSPS) is 11.7. The van der Waals surface area contributed by atoms with Gasteiger partial charge in [-0.1, -0.05) is 15.9 Å². The van der Waals surface area contributed by atoms with Crippen LogP contribution in [0, 0.1) is 0 Å². The summed E-state index contributed by atoms with van der Waals surface area (Å²) in [5.74, 6) is -3.40. The molecule has 106 valence electrons. The third kappa shape index (κ3) is 3.75. The molecule has 1 heterocycles. The molecule has 1 aromatic heterocycles. The van der Waals surface area contributed by atoms with Gasteiger partial charge in [-0.2, -0.15) is 0 Å². The molecule has 0 aliphatic rings. The van der Waals surface area contributed by atoms with E-state index in [1.54, 1.807) is 0 Å². The van der Waals surface area contributed by atoms with Crippen molar-refractivity contribution in [2.24, 2.45) is 0 Å². The van der Waals surface area contributed by atoms with Crippen LogP contribution in [0.1, 0.15) is 27.9 Å². The van der Waals surface area contributed by atoms with E-state index in [4.69, 9.17) is 5.11 Å². The Labute approximate surface area is 111 Å². The van der Waals surface area contributed by atoms with Crippen LogP contribution < -0.4 is 4.74 Å². The molecule has 0 aromatic carbocycles. The summed E-state index contributed by atoms with van der Waals surface area (Å²) in [5.41, 5.74) is -2.59. The number of aromatic carboxylic acids is 1. The molecule has 0 aliphatic carbocycles. The number of carbonyl (C=O) groups is 1. The van der Waals surface area contributed by atoms with Gasteiger partial charge < -0.3 is 9.84 Å². The summed E-state index contributed by atoms with van der Waals surface area (Å²) in [6.07, 6.45) is -7.81. The number of pyridine rings is 1. The molecule has 0 unspecified atom stereocenters. The number of carboxylic acid groups (broad SMARTS) is 1. The molecular weight excluding hydrogens is 345 g/mol. The Morgan fingerprint density at radius 3 is 2.42 bits per heavy atom. The van der Waals surface area contributed by atoms with Crippen molar-refractivity contribution in [3.05, 3.63) is 22.9 Å². The predicted octanol–water partition coefficient (Wildman–Crippen LogP) is 3.51. The van der Waals surface area contributed by atoms with Gasteiger partial charge in [-0.15, -0.1) is 13.2 Å². The van der Waals surface area contributed by atoms with E-state index >= 15 is 0 Å². The van der Waals surface area contributed by atoms with Crippen LogP contribution >= 0.6 is 15.9 Å². The lowest BCUT2D eigenvalue weighted by Crippen LogP contribution is -2.21. The Morgan fingerprint density at radius 1 is 1.47 bits per heavy atom. The number of nitrogens with zero attached hydrogens (tertiary/aromatic N) is 1. The maximum absolute atomic E-state index is 12.8. The van der Waals surface area contributed by atoms with Gasteiger partial charge in [0, 0.05) is 17.1 Å². The average molecular weight is 350 g/mol. The van der Waals surface area contributed by atoms with Crippen LogP contribution in [0.2, 0.25) is 0 Å². The van der Waals surface area contributed by atoms with E-state index in [9.17, 15) is 26.7 Å². The number of halogens is 6. The number of alkyl halides is 6. The highest BCUT2D eigenvalue weighted by Crippen LogP contribution is 2.34. The fraction of sp³-hybridized carbons (Fsp3) is 0.333. The van der Waals surface area contributed by atoms with Gasteiger partial charge in [0.1, 0.15) is 5.56 Å². The summed E-state index contributed by atoms with van der Waals surface area (Å²) < 4.78 is 65.1. The third-order valence-electron chi connectivity index (χ3n) is 1.96. The molecular formula is C9H5BrF5NO3. The molecule has 19 heavy (non-hydrogen) atoms. The van der Waals surface area contributed by atoms with Crippen LogP contribution in [0.25, 0.3) is 0 Å². The summed E-state index contributed by atoms with van der Waals surface area (Å²) in [7, 11) is 0. The van der Waals surface area contributed by atoms with Gasteiger partial charge in [-0.25, -0.2) is 18.6 Å². The van der Waals surface area contributed by atoms with E-state index in [1.807, 2.05) is 0 Å². The molecule has 0 fully saturated rings. The molecule has 1 aromatic rings. The van der Waals surface area contributed by atoms with E-state index in [2.05, 4.69) is 25.7 Å². The standard InChI is InChI=1S/C9H5BrF5NO3/c10-1-3-2-16-7(19-9(13,14)15)5(8(17)18)4(3)6(11)12/h2,6H,1H2,(H,17,18). The SMILES string of the molecule is O=C(O)c1c(OC(F)(F)F)ncc(CBr)c1C(F)F. The van der Waals surface area contributed by atoms with Gasteiger partial charge in [-0.05, 0) is 5.56 Å². The fourth-order valence-electron chi connectivity index (χ4n) is 1.30. The second-order valence-electron chi connectivity index (χ2n) is 3.16. The first kappa shape index (κ1) is 15.6. The van der Waals surface area contributed by atoms with Crippen LogP contribution in [0.5, 0.6) is 5.88 Å². The molecule has 0 atom stereocenters. The first-order valence-electron chi connectivity index (χ1n) is 4.52. The van der Waals surface area contributed by atoms with Crippen LogP contribution in [0.15, 0.2) is 6.20 Å². The van der Waals surface area contributed by atoms with E-state index in [0.29, 0.717) is 6.20 Å². The largest absolute Gasteiger partial charge is 0.574 e. The zero-order chi connectivity index (χ0) is 14.8. The molecule has 10 heteroatoms. The molecule has 0 bridgehead atoms. The lowest BCUT2D eigenvalue weighted by atomic mass is 10.1. The summed E-state index contributed by atoms with van der Waals surface area (Å²) in [6, 6.07) is 0. The number of hydrogen-bond acceptors (Lipinski definition) is 3. The quantitative estimate of drug-likeness (QED) is 0.667. The molecule has 4 nitrogen and oxygen atoms in total. The lowest BCUT2D eigenvalue weighted by molar-refractivity contribution is -0.276. The summed E-state index contributed by atoms with van der Waals surface area (Å²) in [6.45, 7) is 0. The Balaban J connectivity index is 3.49. The highest BCUT2D eigenvalue weighted by atomic mass is 79.9. The van der Waals surface area contributed by atoms with E-state index < -0.39 is 35.8 Å². The van der Waals surface area contributed by atoms with E-state index in [0.717, 1.165) is 0 Å². The molecule has 0 saturated heterocycles. The molecule has 0 saturated carbocycles. The van der Waals surface area contributed by atoms with Crippen molar-refractivity contribution in [3.8, 4) is 5.88 Å². The van der Waals surface area contributed by atoms with Crippen molar-refractivity contribution >= 4 is 21.9 Å². The van der Waals surface area contributed by atoms with Gasteiger partial charge in [0.25, 0.3) is 6.43 Å². The lowest BCUT2D eigenvalue weighted by Gasteiger charge is -2.15. The minimum Gasteiger partial charge on any atom is -0.477 e. The smallest absolute Gasteiger partial charge is 0.477 e. The zero-order valence-corrected chi connectivity index (χ0v) is 10.4. The van der Waals surface area contributed by atoms with Crippen molar-refractivity contribution in [1.82, 2.24) is 4.98 Å². The molecule has 0 spiro atoms. The van der Waals surface area contributed by atoms with Gasteiger partial charge in [0.2, 0.25) is 5.88 Å². The Morgan fingerprint density at radius 2 is 2.05 bits per heavy atom. The maximum atomic E-state index is 12.8. The number of carboxylic acids is 1. The molecule has 0 aliphatic heterocycles. The second kappa shape index (κ2) is 5.68. The number of ether oxygens (including phenoxy) is 1. The molecule has 1 rings (SSSR count). The molecule has 0 amide bonds. The molecule has 0 radical (unpaired) electrons. The summed E-state index contributed by atoms with van der Waals surface area (Å²) in [4.78, 5) is 14.0. The third-order valence-corrected chi connectivity index (χ3v) is 2.56. The number of rotatable bonds is 4. The highest BCUT2D eigenvalue weighted by molar-refractivity contribution is 9.08. The fourth-order valence-corrected chi connectivity index (χ4v) is 1.74. The van der Waals surface area contributed by atoms with Crippen molar-refractivity contribution in [2.45, 2.75) is 18.1 Å². The van der Waals surface area contributed by atoms with Crippen LogP contribution in [0.4, 0.5) is 22.0 Å². The minimum atomic E-state index is -5.23. The van der Waals surface area contributed by atoms with Gasteiger partial charge in [0.05, 0.1) is 0 Å². The number of hydrogen-bond donors (Lipinski definition) is 1. The highest BCUT2D eigenvalue weighted by Gasteiger charge is 2.36. The van der Waals surface area contributed by atoms with Gasteiger partial charge in [0.15, 0.2) is 0 Å². The number of aromatic nitrogens is 1. The first-order valence-corrected chi connectivity index (χ1v) is 5.64. The Bertz CT molecular complexity index is 491.